The minimum Gasteiger partial charge on any atom is -0.480 e. The van der Waals surface area contributed by atoms with E-state index in [1.165, 1.54) is 37.7 Å². The van der Waals surface area contributed by atoms with Gasteiger partial charge in [0.15, 0.2) is 0 Å². The van der Waals surface area contributed by atoms with Gasteiger partial charge in [-0.3, -0.25) is 4.98 Å². The lowest BCUT2D eigenvalue weighted by Crippen LogP contribution is -2.06. The summed E-state index contributed by atoms with van der Waals surface area (Å²) < 4.78 is 18.4. The molecular weight excluding hydrogens is 303 g/mol. The Labute approximate surface area is 112 Å². The number of aliphatic hydroxyl groups excluding tert-OH is 1. The molecule has 94 valence electrons. The number of aliphatic hydroxyl groups is 1. The van der Waals surface area contributed by atoms with Crippen molar-refractivity contribution in [2.75, 3.05) is 7.11 Å². The highest BCUT2D eigenvalue weighted by Gasteiger charge is 2.18. The van der Waals surface area contributed by atoms with Gasteiger partial charge in [0.1, 0.15) is 17.6 Å². The Hall–Kier alpha value is -1.53. The van der Waals surface area contributed by atoms with E-state index in [4.69, 9.17) is 4.74 Å². The Bertz CT molecular complexity index is 566. The van der Waals surface area contributed by atoms with Gasteiger partial charge < -0.3 is 9.84 Å². The molecule has 1 aromatic carbocycles. The molecule has 2 aromatic rings. The summed E-state index contributed by atoms with van der Waals surface area (Å²) in [5.41, 5.74) is 0.792. The molecule has 0 spiro atoms. The van der Waals surface area contributed by atoms with Crippen LogP contribution in [0.3, 0.4) is 0 Å². The van der Waals surface area contributed by atoms with Crippen molar-refractivity contribution in [1.29, 1.82) is 0 Å². The Balaban J connectivity index is 2.41. The molecule has 0 aliphatic carbocycles. The van der Waals surface area contributed by atoms with Gasteiger partial charge in [0.05, 0.1) is 11.6 Å². The van der Waals surface area contributed by atoms with Crippen LogP contribution in [-0.4, -0.2) is 22.2 Å². The Kier molecular flexibility index (Phi) is 3.88. The number of benzene rings is 1. The molecule has 1 heterocycles. The van der Waals surface area contributed by atoms with E-state index in [0.29, 0.717) is 11.3 Å². The highest BCUT2D eigenvalue weighted by molar-refractivity contribution is 9.10. The van der Waals surface area contributed by atoms with Crippen molar-refractivity contribution in [2.45, 2.75) is 6.10 Å². The topological polar surface area (TPSA) is 55.2 Å². The quantitative estimate of drug-likeness (QED) is 0.946. The maximum Gasteiger partial charge on any atom is 0.238 e. The lowest BCUT2D eigenvalue weighted by Gasteiger charge is -2.13. The van der Waals surface area contributed by atoms with E-state index in [9.17, 15) is 9.50 Å². The zero-order valence-electron chi connectivity index (χ0n) is 9.47. The summed E-state index contributed by atoms with van der Waals surface area (Å²) in [7, 11) is 1.45. The first kappa shape index (κ1) is 12.9. The molecule has 0 fully saturated rings. The van der Waals surface area contributed by atoms with Crippen LogP contribution >= 0.6 is 15.9 Å². The summed E-state index contributed by atoms with van der Waals surface area (Å²) in [6, 6.07) is 4.25. The first-order valence-corrected chi connectivity index (χ1v) is 5.90. The molecule has 1 atom stereocenters. The van der Waals surface area contributed by atoms with Gasteiger partial charge in [0.2, 0.25) is 5.88 Å². The van der Waals surface area contributed by atoms with Crippen molar-refractivity contribution in [3.05, 3.63) is 52.1 Å². The van der Waals surface area contributed by atoms with Crippen molar-refractivity contribution < 1.29 is 14.2 Å². The van der Waals surface area contributed by atoms with Crippen LogP contribution in [0, 0.1) is 5.82 Å². The monoisotopic (exact) mass is 312 g/mol. The molecule has 0 saturated carbocycles. The van der Waals surface area contributed by atoms with Crippen LogP contribution in [0.5, 0.6) is 5.88 Å². The highest BCUT2D eigenvalue weighted by Crippen LogP contribution is 2.28. The van der Waals surface area contributed by atoms with Crippen LogP contribution in [0.2, 0.25) is 0 Å². The van der Waals surface area contributed by atoms with Gasteiger partial charge >= 0.3 is 0 Å². The number of halogens is 2. The SMILES string of the molecule is COc1nccnc1C(O)c1ccc(F)c(Br)c1. The van der Waals surface area contributed by atoms with Crippen LogP contribution in [0.4, 0.5) is 4.39 Å². The first-order chi connectivity index (χ1) is 8.63. The first-order valence-electron chi connectivity index (χ1n) is 5.11. The molecule has 4 nitrogen and oxygen atoms in total. The van der Waals surface area contributed by atoms with E-state index in [2.05, 4.69) is 25.9 Å². The summed E-state index contributed by atoms with van der Waals surface area (Å²) in [6.07, 6.45) is 1.90. The predicted molar refractivity (Wildman–Crippen MR) is 66.7 cm³/mol. The summed E-state index contributed by atoms with van der Waals surface area (Å²) in [5, 5.41) is 10.2. The van der Waals surface area contributed by atoms with E-state index in [1.54, 1.807) is 0 Å². The normalized spacial score (nSPS) is 12.2. The fourth-order valence-corrected chi connectivity index (χ4v) is 1.92. The Morgan fingerprint density at radius 1 is 1.33 bits per heavy atom. The third-order valence-corrected chi connectivity index (χ3v) is 3.01. The summed E-state index contributed by atoms with van der Waals surface area (Å²) in [6.45, 7) is 0. The number of aromatic nitrogens is 2. The van der Waals surface area contributed by atoms with Gasteiger partial charge in [-0.05, 0) is 33.6 Å². The minimum atomic E-state index is -1.02. The fourth-order valence-electron chi connectivity index (χ4n) is 1.52. The number of rotatable bonds is 3. The maximum atomic E-state index is 13.1. The number of hydrogen-bond acceptors (Lipinski definition) is 4. The molecule has 0 radical (unpaired) electrons. The number of methoxy groups -OCH3 is 1. The third-order valence-electron chi connectivity index (χ3n) is 2.40. The second-order valence-electron chi connectivity index (χ2n) is 3.53. The molecule has 0 bridgehead atoms. The van der Waals surface area contributed by atoms with E-state index >= 15 is 0 Å². The van der Waals surface area contributed by atoms with Crippen LogP contribution in [0.25, 0.3) is 0 Å². The molecule has 1 aromatic heterocycles. The standard InChI is InChI=1S/C12H10BrFN2O2/c1-18-12-10(15-4-5-16-12)11(17)7-2-3-9(14)8(13)6-7/h2-6,11,17H,1H3. The van der Waals surface area contributed by atoms with Gasteiger partial charge in [-0.15, -0.1) is 0 Å². The zero-order chi connectivity index (χ0) is 13.1. The maximum absolute atomic E-state index is 13.1. The predicted octanol–water partition coefficient (Wildman–Crippen LogP) is 2.47. The molecular formula is C12H10BrFN2O2. The van der Waals surface area contributed by atoms with Crippen molar-refractivity contribution in [2.24, 2.45) is 0 Å². The molecule has 0 saturated heterocycles. The van der Waals surface area contributed by atoms with Crippen molar-refractivity contribution in [1.82, 2.24) is 9.97 Å². The van der Waals surface area contributed by atoms with Crippen LogP contribution in [0.15, 0.2) is 35.1 Å². The van der Waals surface area contributed by atoms with E-state index < -0.39 is 11.9 Å². The second kappa shape index (κ2) is 5.41. The van der Waals surface area contributed by atoms with Gasteiger partial charge in [-0.2, -0.15) is 0 Å². The smallest absolute Gasteiger partial charge is 0.238 e. The average Bonchev–Trinajstić information content (AvgIpc) is 2.41. The zero-order valence-corrected chi connectivity index (χ0v) is 11.1. The highest BCUT2D eigenvalue weighted by atomic mass is 79.9. The van der Waals surface area contributed by atoms with Crippen molar-refractivity contribution in [3.8, 4) is 5.88 Å². The Morgan fingerprint density at radius 2 is 2.06 bits per heavy atom. The van der Waals surface area contributed by atoms with E-state index in [1.807, 2.05) is 0 Å². The van der Waals surface area contributed by atoms with Crippen molar-refractivity contribution >= 4 is 15.9 Å². The number of hydrogen-bond donors (Lipinski definition) is 1. The van der Waals surface area contributed by atoms with Crippen molar-refractivity contribution in [3.63, 3.8) is 0 Å². The molecule has 18 heavy (non-hydrogen) atoms. The number of nitrogens with zero attached hydrogens (tertiary/aromatic N) is 2. The second-order valence-corrected chi connectivity index (χ2v) is 4.38. The van der Waals surface area contributed by atoms with Gasteiger partial charge in [0, 0.05) is 12.4 Å². The molecule has 0 aliphatic heterocycles. The summed E-state index contributed by atoms with van der Waals surface area (Å²) >= 11 is 3.07. The fraction of sp³-hybridized carbons (Fsp3) is 0.167. The molecule has 1 unspecified atom stereocenters. The molecule has 0 aliphatic rings. The van der Waals surface area contributed by atoms with E-state index in [-0.39, 0.29) is 10.4 Å². The lowest BCUT2D eigenvalue weighted by atomic mass is 10.1. The summed E-state index contributed by atoms with van der Waals surface area (Å²) in [5.74, 6) is -0.150. The van der Waals surface area contributed by atoms with Crippen LogP contribution < -0.4 is 4.74 Å². The van der Waals surface area contributed by atoms with Gasteiger partial charge in [-0.1, -0.05) is 6.07 Å². The van der Waals surface area contributed by atoms with E-state index in [0.717, 1.165) is 0 Å². The number of ether oxygens (including phenoxy) is 1. The largest absolute Gasteiger partial charge is 0.480 e. The van der Waals surface area contributed by atoms with Crippen LogP contribution in [-0.2, 0) is 0 Å². The van der Waals surface area contributed by atoms with Crippen LogP contribution in [0.1, 0.15) is 17.4 Å². The molecule has 0 amide bonds. The minimum absolute atomic E-state index is 0.241. The van der Waals surface area contributed by atoms with Gasteiger partial charge in [0.25, 0.3) is 0 Å². The Morgan fingerprint density at radius 3 is 2.72 bits per heavy atom. The van der Waals surface area contributed by atoms with Gasteiger partial charge in [-0.25, -0.2) is 9.37 Å². The molecule has 6 heteroatoms. The third kappa shape index (κ3) is 2.49. The molecule has 1 N–H and O–H groups in total. The lowest BCUT2D eigenvalue weighted by molar-refractivity contribution is 0.207. The molecule has 2 rings (SSSR count). The summed E-state index contributed by atoms with van der Waals surface area (Å²) in [4.78, 5) is 7.98. The average molecular weight is 313 g/mol.